The van der Waals surface area contributed by atoms with E-state index in [9.17, 15) is 14.4 Å². The number of benzene rings is 1. The number of para-hydroxylation sites is 1. The fourth-order valence-electron chi connectivity index (χ4n) is 5.83. The van der Waals surface area contributed by atoms with E-state index >= 15 is 0 Å². The second-order valence-electron chi connectivity index (χ2n) is 9.43. The molecule has 7 nitrogen and oxygen atoms in total. The molecule has 3 fully saturated rings. The number of aryl methyl sites for hydroxylation is 1. The summed E-state index contributed by atoms with van der Waals surface area (Å²) < 4.78 is 5.38. The molecule has 0 bridgehead atoms. The van der Waals surface area contributed by atoms with E-state index in [2.05, 4.69) is 11.4 Å². The Hall–Kier alpha value is -2.41. The Morgan fingerprint density at radius 2 is 1.84 bits per heavy atom. The van der Waals surface area contributed by atoms with E-state index < -0.39 is 0 Å². The number of anilines is 1. The maximum Gasteiger partial charge on any atom is 0.239 e. The van der Waals surface area contributed by atoms with Gasteiger partial charge in [0.05, 0.1) is 6.54 Å². The summed E-state index contributed by atoms with van der Waals surface area (Å²) in [7, 11) is 0. The monoisotopic (exact) mass is 425 g/mol. The van der Waals surface area contributed by atoms with Crippen molar-refractivity contribution in [1.29, 1.82) is 0 Å². The molecule has 31 heavy (non-hydrogen) atoms. The Bertz CT molecular complexity index is 866. The minimum Gasteiger partial charge on any atom is -0.381 e. The zero-order valence-electron chi connectivity index (χ0n) is 17.9. The number of nitrogens with zero attached hydrogens (tertiary/aromatic N) is 2. The summed E-state index contributed by atoms with van der Waals surface area (Å²) in [6.45, 7) is 2.65. The van der Waals surface area contributed by atoms with E-state index in [0.29, 0.717) is 26.2 Å². The Kier molecular flexibility index (Phi) is 5.69. The SMILES string of the molecule is O=C1CN(C(=O)C2CCOCC2)C[C@H]2C[C@H](C(=O)N3CCCc4ccccc43)C[C@H]2N1. The van der Waals surface area contributed by atoms with Crippen molar-refractivity contribution < 1.29 is 19.1 Å². The van der Waals surface area contributed by atoms with Gasteiger partial charge in [0.25, 0.3) is 0 Å². The maximum absolute atomic E-state index is 13.5. The number of rotatable bonds is 2. The van der Waals surface area contributed by atoms with Crippen LogP contribution in [0.25, 0.3) is 0 Å². The summed E-state index contributed by atoms with van der Waals surface area (Å²) in [5.41, 5.74) is 2.27. The molecule has 1 aromatic rings. The molecule has 3 aliphatic heterocycles. The van der Waals surface area contributed by atoms with Crippen molar-refractivity contribution in [2.24, 2.45) is 17.8 Å². The van der Waals surface area contributed by atoms with Crippen molar-refractivity contribution in [3.63, 3.8) is 0 Å². The van der Waals surface area contributed by atoms with Gasteiger partial charge in [-0.3, -0.25) is 14.4 Å². The van der Waals surface area contributed by atoms with Crippen molar-refractivity contribution in [2.75, 3.05) is 37.7 Å². The van der Waals surface area contributed by atoms with Crippen LogP contribution in [-0.2, 0) is 25.5 Å². The van der Waals surface area contributed by atoms with Crippen LogP contribution in [0, 0.1) is 17.8 Å². The van der Waals surface area contributed by atoms with Crippen molar-refractivity contribution in [3.8, 4) is 0 Å². The molecule has 4 aliphatic rings. The molecule has 0 radical (unpaired) electrons. The highest BCUT2D eigenvalue weighted by Gasteiger charge is 2.44. The van der Waals surface area contributed by atoms with Crippen LogP contribution < -0.4 is 10.2 Å². The predicted molar refractivity (Wildman–Crippen MR) is 115 cm³/mol. The summed E-state index contributed by atoms with van der Waals surface area (Å²) in [6.07, 6.45) is 4.82. The molecule has 7 heteroatoms. The summed E-state index contributed by atoms with van der Waals surface area (Å²) in [5.74, 6) is 0.0885. The molecular formula is C24H31N3O4. The molecule has 5 rings (SSSR count). The minimum atomic E-state index is -0.111. The van der Waals surface area contributed by atoms with E-state index in [0.717, 1.165) is 44.3 Å². The van der Waals surface area contributed by atoms with Crippen LogP contribution in [-0.4, -0.2) is 61.5 Å². The third-order valence-electron chi connectivity index (χ3n) is 7.44. The lowest BCUT2D eigenvalue weighted by Gasteiger charge is -2.32. The average Bonchev–Trinajstić information content (AvgIpc) is 3.12. The zero-order valence-corrected chi connectivity index (χ0v) is 17.9. The number of fused-ring (bicyclic) bond motifs is 2. The van der Waals surface area contributed by atoms with Crippen LogP contribution in [0.5, 0.6) is 0 Å². The molecule has 3 heterocycles. The Morgan fingerprint density at radius 3 is 2.68 bits per heavy atom. The van der Waals surface area contributed by atoms with E-state index in [1.165, 1.54) is 5.56 Å². The largest absolute Gasteiger partial charge is 0.381 e. The van der Waals surface area contributed by atoms with Gasteiger partial charge < -0.3 is 19.9 Å². The second kappa shape index (κ2) is 8.61. The first kappa shape index (κ1) is 20.5. The molecule has 1 aromatic carbocycles. The van der Waals surface area contributed by atoms with Crippen LogP contribution in [0.3, 0.4) is 0 Å². The standard InChI is InChI=1S/C24H31N3O4/c28-22-15-26(23(29)17-7-10-31-11-8-17)14-19-12-18(13-20(19)25-22)24(30)27-9-3-5-16-4-1-2-6-21(16)27/h1-2,4,6,17-20H,3,5,7-15H2,(H,25,28)/t18-,19+,20+/m0/s1. The lowest BCUT2D eigenvalue weighted by atomic mass is 9.96. The lowest BCUT2D eigenvalue weighted by molar-refractivity contribution is -0.141. The minimum absolute atomic E-state index is 0.0334. The molecule has 166 valence electrons. The van der Waals surface area contributed by atoms with Crippen molar-refractivity contribution in [2.45, 2.75) is 44.6 Å². The normalized spacial score (nSPS) is 29.0. The van der Waals surface area contributed by atoms with Gasteiger partial charge in [0, 0.05) is 49.9 Å². The van der Waals surface area contributed by atoms with Gasteiger partial charge in [0.1, 0.15) is 0 Å². The summed E-state index contributed by atoms with van der Waals surface area (Å²) in [4.78, 5) is 42.7. The number of carbonyl (C=O) groups is 3. The van der Waals surface area contributed by atoms with Crippen molar-refractivity contribution in [3.05, 3.63) is 29.8 Å². The summed E-state index contributed by atoms with van der Waals surface area (Å²) >= 11 is 0. The molecule has 1 N–H and O–H groups in total. The molecule has 1 saturated carbocycles. The van der Waals surface area contributed by atoms with E-state index in [4.69, 9.17) is 4.74 Å². The van der Waals surface area contributed by atoms with Crippen molar-refractivity contribution in [1.82, 2.24) is 10.2 Å². The summed E-state index contributed by atoms with van der Waals surface area (Å²) in [5, 5.41) is 3.11. The number of amides is 3. The topological polar surface area (TPSA) is 79.0 Å². The van der Waals surface area contributed by atoms with E-state index in [-0.39, 0.29) is 48.1 Å². The van der Waals surface area contributed by atoms with Crippen LogP contribution in [0.1, 0.15) is 37.7 Å². The number of ether oxygens (including phenoxy) is 1. The number of hydrogen-bond acceptors (Lipinski definition) is 4. The Labute approximate surface area is 183 Å². The van der Waals surface area contributed by atoms with Gasteiger partial charge in [0.15, 0.2) is 0 Å². The van der Waals surface area contributed by atoms with Gasteiger partial charge in [-0.05, 0) is 56.1 Å². The smallest absolute Gasteiger partial charge is 0.239 e. The lowest BCUT2D eigenvalue weighted by Crippen LogP contribution is -2.43. The highest BCUT2D eigenvalue weighted by atomic mass is 16.5. The van der Waals surface area contributed by atoms with Crippen LogP contribution in [0.4, 0.5) is 5.69 Å². The number of nitrogens with one attached hydrogen (secondary N) is 1. The van der Waals surface area contributed by atoms with Crippen molar-refractivity contribution >= 4 is 23.4 Å². The van der Waals surface area contributed by atoms with Gasteiger partial charge in [-0.25, -0.2) is 0 Å². The highest BCUT2D eigenvalue weighted by molar-refractivity contribution is 5.96. The molecule has 0 unspecified atom stereocenters. The zero-order chi connectivity index (χ0) is 21.4. The molecule has 3 amide bonds. The summed E-state index contributed by atoms with van der Waals surface area (Å²) in [6, 6.07) is 8.13. The van der Waals surface area contributed by atoms with Gasteiger partial charge in [-0.15, -0.1) is 0 Å². The molecule has 0 spiro atoms. The molecule has 0 aromatic heterocycles. The fourth-order valence-corrected chi connectivity index (χ4v) is 5.83. The molecule has 3 atom stereocenters. The van der Waals surface area contributed by atoms with E-state index in [1.54, 1.807) is 4.90 Å². The van der Waals surface area contributed by atoms with Crippen LogP contribution in [0.2, 0.25) is 0 Å². The van der Waals surface area contributed by atoms with E-state index in [1.807, 2.05) is 23.1 Å². The number of carbonyl (C=O) groups excluding carboxylic acids is 3. The average molecular weight is 426 g/mol. The first-order valence-electron chi connectivity index (χ1n) is 11.7. The molecule has 1 aliphatic carbocycles. The highest BCUT2D eigenvalue weighted by Crippen LogP contribution is 2.37. The maximum atomic E-state index is 13.5. The Morgan fingerprint density at radius 1 is 1.03 bits per heavy atom. The van der Waals surface area contributed by atoms with Gasteiger partial charge >= 0.3 is 0 Å². The number of hydrogen-bond donors (Lipinski definition) is 1. The van der Waals surface area contributed by atoms with Gasteiger partial charge in [-0.1, -0.05) is 18.2 Å². The second-order valence-corrected chi connectivity index (χ2v) is 9.43. The van der Waals surface area contributed by atoms with Crippen LogP contribution in [0.15, 0.2) is 24.3 Å². The van der Waals surface area contributed by atoms with Gasteiger partial charge in [-0.2, -0.15) is 0 Å². The third kappa shape index (κ3) is 4.07. The molecule has 2 saturated heterocycles. The Balaban J connectivity index is 1.29. The quantitative estimate of drug-likeness (QED) is 0.783. The van der Waals surface area contributed by atoms with Crippen LogP contribution >= 0.6 is 0 Å². The first-order chi connectivity index (χ1) is 15.1. The van der Waals surface area contributed by atoms with Gasteiger partial charge in [0.2, 0.25) is 17.7 Å². The molecular weight excluding hydrogens is 394 g/mol. The fraction of sp³-hybridized carbons (Fsp3) is 0.625. The first-order valence-corrected chi connectivity index (χ1v) is 11.7. The predicted octanol–water partition coefficient (Wildman–Crippen LogP) is 1.75. The third-order valence-corrected chi connectivity index (χ3v) is 7.44.